The van der Waals surface area contributed by atoms with Gasteiger partial charge in [-0.15, -0.1) is 0 Å². The van der Waals surface area contributed by atoms with E-state index in [9.17, 15) is 5.11 Å². The number of para-hydroxylation sites is 1. The zero-order valence-electron chi connectivity index (χ0n) is 11.8. The molecule has 0 amide bonds. The van der Waals surface area contributed by atoms with Crippen LogP contribution in [0.2, 0.25) is 0 Å². The molecular formula is C14H22Cl2OPTi+. The average molecular weight is 356 g/mol. The van der Waals surface area contributed by atoms with E-state index in [-0.39, 0.29) is 5.41 Å². The van der Waals surface area contributed by atoms with E-state index in [1.165, 1.54) is 30.5 Å². The fourth-order valence-corrected chi connectivity index (χ4v) is 5.45. The summed E-state index contributed by atoms with van der Waals surface area (Å²) in [6.07, 6.45) is 5.39. The van der Waals surface area contributed by atoms with Gasteiger partial charge < -0.3 is 5.11 Å². The molecule has 0 spiro atoms. The minimum atomic E-state index is -0.556. The van der Waals surface area contributed by atoms with Gasteiger partial charge in [0.25, 0.3) is 0 Å². The summed E-state index contributed by atoms with van der Waals surface area (Å²) in [7, 11) is 9.33. The van der Waals surface area contributed by atoms with E-state index in [0.717, 1.165) is 5.56 Å². The van der Waals surface area contributed by atoms with Crippen LogP contribution in [0, 0.1) is 0 Å². The van der Waals surface area contributed by atoms with Crippen molar-refractivity contribution in [2.45, 2.75) is 39.0 Å². The van der Waals surface area contributed by atoms with Crippen LogP contribution in [-0.4, -0.2) is 17.4 Å². The molecule has 0 aromatic heterocycles. The Balaban J connectivity index is 0.000000550. The maximum absolute atomic E-state index is 10.4. The number of benzene rings is 1. The van der Waals surface area contributed by atoms with Crippen LogP contribution in [0.25, 0.3) is 0 Å². The normalized spacial score (nSPS) is 15.8. The van der Waals surface area contributed by atoms with Crippen molar-refractivity contribution >= 4 is 31.8 Å². The fourth-order valence-electron chi connectivity index (χ4n) is 2.51. The molecule has 1 heterocycles. The second kappa shape index (κ2) is 8.25. The molecule has 5 heteroatoms. The number of hydrogen-bond acceptors (Lipinski definition) is 1. The van der Waals surface area contributed by atoms with Crippen molar-refractivity contribution in [3.05, 3.63) is 23.8 Å². The summed E-state index contributed by atoms with van der Waals surface area (Å²) < 4.78 is 0. The molecule has 1 N–H and O–H groups in total. The molecule has 19 heavy (non-hydrogen) atoms. The molecule has 0 bridgehead atoms. The van der Waals surface area contributed by atoms with Crippen molar-refractivity contribution in [1.29, 1.82) is 0 Å². The second-order valence-electron chi connectivity index (χ2n) is 5.83. The number of halogens is 2. The molecule has 1 nitrogen and oxygen atoms in total. The first-order chi connectivity index (χ1) is 8.91. The first-order valence-electron chi connectivity index (χ1n) is 6.55. The predicted molar refractivity (Wildman–Crippen MR) is 85.4 cm³/mol. The van der Waals surface area contributed by atoms with Gasteiger partial charge in [0.1, 0.15) is 5.30 Å². The second-order valence-corrected chi connectivity index (χ2v) is 11.2. The van der Waals surface area contributed by atoms with E-state index in [1.807, 2.05) is 0 Å². The Morgan fingerprint density at radius 1 is 1.16 bits per heavy atom. The molecule has 2 rings (SSSR count). The van der Waals surface area contributed by atoms with Crippen LogP contribution < -0.4 is 5.30 Å². The van der Waals surface area contributed by atoms with Gasteiger partial charge in [-0.2, -0.15) is 0 Å². The van der Waals surface area contributed by atoms with Crippen molar-refractivity contribution < 1.29 is 22.1 Å². The molecule has 0 radical (unpaired) electrons. The first kappa shape index (κ1) is 17.8. The first-order valence-corrected chi connectivity index (χ1v) is 12.8. The molecule has 1 fully saturated rings. The summed E-state index contributed by atoms with van der Waals surface area (Å²) in [5.41, 5.74) is 1.15. The summed E-state index contributed by atoms with van der Waals surface area (Å²) in [5, 5.41) is 11.7. The maximum atomic E-state index is 10.4. The van der Waals surface area contributed by atoms with E-state index in [0.29, 0.717) is 5.75 Å². The van der Waals surface area contributed by atoms with Gasteiger partial charge in [0.2, 0.25) is 0 Å². The zero-order valence-corrected chi connectivity index (χ0v) is 15.8. The molecule has 0 saturated carbocycles. The van der Waals surface area contributed by atoms with E-state index < -0.39 is 25.0 Å². The molecule has 1 aliphatic heterocycles. The molecule has 1 aromatic carbocycles. The van der Waals surface area contributed by atoms with Gasteiger partial charge in [0, 0.05) is 13.5 Å². The summed E-state index contributed by atoms with van der Waals surface area (Å²) >= 11 is -0.556. The topological polar surface area (TPSA) is 20.2 Å². The van der Waals surface area contributed by atoms with Crippen molar-refractivity contribution in [2.24, 2.45) is 0 Å². The van der Waals surface area contributed by atoms with Gasteiger partial charge in [-0.3, -0.25) is 0 Å². The monoisotopic (exact) mass is 355 g/mol. The standard InChI is InChI=1S/C14H21OP.2ClH.Ti/c1-14(2,3)11-7-6-8-12(13(11)15)16-9-4-5-10-16;;;/h6-8,15H,4-5,9-10H2,1-3H3;2*1H;/q;;;+2/p-1. The number of phenolic OH excluding ortho intramolecular Hbond substituents is 1. The molecule has 106 valence electrons. The summed E-state index contributed by atoms with van der Waals surface area (Å²) in [4.78, 5) is 0. The van der Waals surface area contributed by atoms with Gasteiger partial charge in [0.05, 0.1) is 12.3 Å². The van der Waals surface area contributed by atoms with Crippen molar-refractivity contribution in [2.75, 3.05) is 12.3 Å². The molecule has 1 aromatic rings. The van der Waals surface area contributed by atoms with Gasteiger partial charge in [-0.1, -0.05) is 32.9 Å². The Kier molecular flexibility index (Phi) is 7.73. The molecule has 0 unspecified atom stereocenters. The minimum absolute atomic E-state index is 0.0428. The molecule has 1 saturated heterocycles. The Morgan fingerprint density at radius 2 is 1.68 bits per heavy atom. The number of aromatic hydroxyl groups is 1. The predicted octanol–water partition coefficient (Wildman–Crippen LogP) is 4.70. The third-order valence-electron chi connectivity index (χ3n) is 3.43. The third-order valence-corrected chi connectivity index (χ3v) is 6.51. The van der Waals surface area contributed by atoms with Crippen LogP contribution in [0.5, 0.6) is 5.75 Å². The Morgan fingerprint density at radius 3 is 2.16 bits per heavy atom. The fraction of sp³-hybridized carbons (Fsp3) is 0.571. The SMILES string of the molecule is CC(C)(C)c1cccc([PH+]2CCCC2)c1O.[Cl][Ti][Cl]. The van der Waals surface area contributed by atoms with Gasteiger partial charge in [-0.05, 0) is 24.3 Å². The van der Waals surface area contributed by atoms with E-state index in [1.54, 1.807) is 0 Å². The number of hydrogen-bond donors (Lipinski definition) is 1. The zero-order chi connectivity index (χ0) is 14.5. The van der Waals surface area contributed by atoms with E-state index >= 15 is 0 Å². The number of phenols is 1. The van der Waals surface area contributed by atoms with Crippen LogP contribution in [0.15, 0.2) is 18.2 Å². The van der Waals surface area contributed by atoms with Crippen molar-refractivity contribution in [3.8, 4) is 5.75 Å². The van der Waals surface area contributed by atoms with Gasteiger partial charge in [0.15, 0.2) is 5.75 Å². The van der Waals surface area contributed by atoms with Gasteiger partial charge >= 0.3 is 35.6 Å². The molecule has 0 atom stereocenters. The van der Waals surface area contributed by atoms with Crippen LogP contribution in [0.1, 0.15) is 39.2 Å². The Labute approximate surface area is 134 Å². The van der Waals surface area contributed by atoms with Crippen molar-refractivity contribution in [3.63, 3.8) is 0 Å². The molecular weight excluding hydrogens is 334 g/mol. The quantitative estimate of drug-likeness (QED) is 0.571. The summed E-state index contributed by atoms with van der Waals surface area (Å²) in [5.74, 6) is 0.589. The molecule has 1 aliphatic rings. The van der Waals surface area contributed by atoms with Crippen LogP contribution in [0.4, 0.5) is 0 Å². The average Bonchev–Trinajstić information content (AvgIpc) is 2.82. The van der Waals surface area contributed by atoms with Gasteiger partial charge in [-0.25, -0.2) is 0 Å². The molecule has 0 aliphatic carbocycles. The van der Waals surface area contributed by atoms with Crippen molar-refractivity contribution in [1.82, 2.24) is 0 Å². The number of rotatable bonds is 1. The summed E-state index contributed by atoms with van der Waals surface area (Å²) in [6, 6.07) is 6.33. The van der Waals surface area contributed by atoms with E-state index in [4.69, 9.17) is 18.6 Å². The van der Waals surface area contributed by atoms with Crippen LogP contribution in [-0.2, 0) is 22.4 Å². The Hall–Kier alpha value is 0.744. The van der Waals surface area contributed by atoms with E-state index in [2.05, 4.69) is 39.0 Å². The summed E-state index contributed by atoms with van der Waals surface area (Å²) in [6.45, 7) is 6.49. The third kappa shape index (κ3) is 5.22. The van der Waals surface area contributed by atoms with Crippen LogP contribution >= 0.6 is 26.5 Å². The Bertz CT molecular complexity index is 401. The van der Waals surface area contributed by atoms with Crippen LogP contribution in [0.3, 0.4) is 0 Å².